The SMILES string of the molecule is Cc1cccc(NC(=O)c2sc3ncn(CC(=O)N4CCCC(C)C4)c(=O)c3c2C)c1. The lowest BCUT2D eigenvalue weighted by Gasteiger charge is -2.31. The predicted octanol–water partition coefficient (Wildman–Crippen LogP) is 3.59. The number of carbonyl (C=O) groups excluding carboxylic acids is 2. The summed E-state index contributed by atoms with van der Waals surface area (Å²) in [6.45, 7) is 7.27. The molecular weight excluding hydrogens is 412 g/mol. The highest BCUT2D eigenvalue weighted by molar-refractivity contribution is 7.20. The molecule has 3 aromatic rings. The summed E-state index contributed by atoms with van der Waals surface area (Å²) in [6, 6.07) is 7.55. The Morgan fingerprint density at radius 3 is 2.84 bits per heavy atom. The molecule has 0 saturated carbocycles. The first-order chi connectivity index (χ1) is 14.8. The van der Waals surface area contributed by atoms with E-state index in [2.05, 4.69) is 17.2 Å². The number of aromatic nitrogens is 2. The van der Waals surface area contributed by atoms with E-state index in [0.29, 0.717) is 32.3 Å². The van der Waals surface area contributed by atoms with Gasteiger partial charge in [0.2, 0.25) is 5.91 Å². The maximum absolute atomic E-state index is 13.1. The van der Waals surface area contributed by atoms with Crippen LogP contribution in [0.1, 0.15) is 40.6 Å². The molecule has 0 aliphatic carbocycles. The quantitative estimate of drug-likeness (QED) is 0.675. The molecule has 1 fully saturated rings. The van der Waals surface area contributed by atoms with Gasteiger partial charge in [-0.2, -0.15) is 0 Å². The maximum Gasteiger partial charge on any atom is 0.266 e. The first kappa shape index (κ1) is 21.2. The molecule has 1 saturated heterocycles. The van der Waals surface area contributed by atoms with Gasteiger partial charge in [0.25, 0.3) is 11.5 Å². The minimum atomic E-state index is -0.285. The Labute approximate surface area is 184 Å². The van der Waals surface area contributed by atoms with Gasteiger partial charge in [0, 0.05) is 18.8 Å². The van der Waals surface area contributed by atoms with Gasteiger partial charge in [-0.15, -0.1) is 11.3 Å². The smallest absolute Gasteiger partial charge is 0.266 e. The lowest BCUT2D eigenvalue weighted by atomic mass is 10.0. The van der Waals surface area contributed by atoms with E-state index in [4.69, 9.17) is 0 Å². The third-order valence-corrected chi connectivity index (χ3v) is 6.91. The molecule has 0 radical (unpaired) electrons. The number of anilines is 1. The van der Waals surface area contributed by atoms with Crippen molar-refractivity contribution >= 4 is 39.1 Å². The standard InChI is InChI=1S/C23H26N4O3S/c1-14-6-4-8-17(10-14)25-21(29)20-16(3)19-22(31-20)24-13-27(23(19)30)12-18(28)26-9-5-7-15(2)11-26/h4,6,8,10,13,15H,5,7,9,11-12H2,1-3H3,(H,25,29). The van der Waals surface area contributed by atoms with Crippen molar-refractivity contribution in [2.24, 2.45) is 5.92 Å². The van der Waals surface area contributed by atoms with E-state index in [1.807, 2.05) is 36.1 Å². The van der Waals surface area contributed by atoms with Crippen LogP contribution in [0.25, 0.3) is 10.2 Å². The van der Waals surface area contributed by atoms with Crippen LogP contribution >= 0.6 is 11.3 Å². The van der Waals surface area contributed by atoms with Gasteiger partial charge in [-0.25, -0.2) is 4.98 Å². The number of aryl methyl sites for hydroxylation is 2. The fourth-order valence-electron chi connectivity index (χ4n) is 4.06. The van der Waals surface area contributed by atoms with E-state index in [0.717, 1.165) is 31.5 Å². The first-order valence-electron chi connectivity index (χ1n) is 10.5. The lowest BCUT2D eigenvalue weighted by Crippen LogP contribution is -2.42. The second-order valence-electron chi connectivity index (χ2n) is 8.32. The second-order valence-corrected chi connectivity index (χ2v) is 9.32. The van der Waals surface area contributed by atoms with Crippen molar-refractivity contribution < 1.29 is 9.59 Å². The highest BCUT2D eigenvalue weighted by atomic mass is 32.1. The van der Waals surface area contributed by atoms with Crippen LogP contribution in [-0.4, -0.2) is 39.4 Å². The van der Waals surface area contributed by atoms with Gasteiger partial charge in [-0.3, -0.25) is 19.0 Å². The Bertz CT molecular complexity index is 1210. The third kappa shape index (κ3) is 4.39. The van der Waals surface area contributed by atoms with Crippen LogP contribution in [0.2, 0.25) is 0 Å². The van der Waals surface area contributed by atoms with Crippen molar-refractivity contribution in [2.75, 3.05) is 18.4 Å². The average Bonchev–Trinajstić information content (AvgIpc) is 3.07. The van der Waals surface area contributed by atoms with Gasteiger partial charge in [-0.1, -0.05) is 19.1 Å². The zero-order valence-corrected chi connectivity index (χ0v) is 18.8. The third-order valence-electron chi connectivity index (χ3n) is 5.71. The van der Waals surface area contributed by atoms with Gasteiger partial charge in [-0.05, 0) is 55.9 Å². The van der Waals surface area contributed by atoms with Crippen LogP contribution in [0.15, 0.2) is 35.4 Å². The zero-order valence-electron chi connectivity index (χ0n) is 18.0. The molecule has 8 heteroatoms. The number of amides is 2. The number of nitrogens with zero attached hydrogens (tertiary/aromatic N) is 3. The molecule has 1 unspecified atom stereocenters. The molecule has 3 heterocycles. The molecule has 1 aliphatic heterocycles. The van der Waals surface area contributed by atoms with Crippen molar-refractivity contribution in [3.63, 3.8) is 0 Å². The van der Waals surface area contributed by atoms with E-state index in [1.54, 1.807) is 6.92 Å². The van der Waals surface area contributed by atoms with Crippen LogP contribution in [0.4, 0.5) is 5.69 Å². The van der Waals surface area contributed by atoms with Crippen molar-refractivity contribution in [1.82, 2.24) is 14.5 Å². The summed E-state index contributed by atoms with van der Waals surface area (Å²) < 4.78 is 1.35. The predicted molar refractivity (Wildman–Crippen MR) is 123 cm³/mol. The van der Waals surface area contributed by atoms with E-state index >= 15 is 0 Å². The zero-order chi connectivity index (χ0) is 22.1. The summed E-state index contributed by atoms with van der Waals surface area (Å²) in [5, 5.41) is 3.29. The normalized spacial score (nSPS) is 16.5. The summed E-state index contributed by atoms with van der Waals surface area (Å²) in [4.78, 5) is 45.8. The number of thiophene rings is 1. The topological polar surface area (TPSA) is 84.3 Å². The fourth-order valence-corrected chi connectivity index (χ4v) is 5.10. The molecule has 7 nitrogen and oxygen atoms in total. The van der Waals surface area contributed by atoms with Gasteiger partial charge in [0.15, 0.2) is 0 Å². The summed E-state index contributed by atoms with van der Waals surface area (Å²) in [5.41, 5.74) is 2.06. The minimum absolute atomic E-state index is 0.0331. The second kappa shape index (κ2) is 8.63. The Morgan fingerprint density at radius 1 is 1.29 bits per heavy atom. The molecule has 162 valence electrons. The van der Waals surface area contributed by atoms with E-state index in [1.165, 1.54) is 22.2 Å². The molecule has 2 amide bonds. The van der Waals surface area contributed by atoms with Gasteiger partial charge >= 0.3 is 0 Å². The summed E-state index contributed by atoms with van der Waals surface area (Å²) in [7, 11) is 0. The highest BCUT2D eigenvalue weighted by Gasteiger charge is 2.23. The molecule has 1 aliphatic rings. The maximum atomic E-state index is 13.1. The number of piperidine rings is 1. The number of benzene rings is 1. The van der Waals surface area contributed by atoms with Crippen LogP contribution in [0.5, 0.6) is 0 Å². The van der Waals surface area contributed by atoms with Crippen LogP contribution in [0, 0.1) is 19.8 Å². The minimum Gasteiger partial charge on any atom is -0.341 e. The number of fused-ring (bicyclic) bond motifs is 1. The average molecular weight is 439 g/mol. The van der Waals surface area contributed by atoms with Crippen LogP contribution < -0.4 is 10.9 Å². The molecule has 1 aromatic carbocycles. The number of nitrogens with one attached hydrogen (secondary N) is 1. The van der Waals surface area contributed by atoms with E-state index in [-0.39, 0.29) is 23.9 Å². The Balaban J connectivity index is 1.59. The largest absolute Gasteiger partial charge is 0.341 e. The van der Waals surface area contributed by atoms with Crippen molar-refractivity contribution in [3.05, 3.63) is 57.0 Å². The Morgan fingerprint density at radius 2 is 2.10 bits per heavy atom. The molecule has 0 bridgehead atoms. The van der Waals surface area contributed by atoms with Gasteiger partial charge < -0.3 is 10.2 Å². The van der Waals surface area contributed by atoms with Crippen molar-refractivity contribution in [1.29, 1.82) is 0 Å². The number of carbonyl (C=O) groups is 2. The molecular formula is C23H26N4O3S. The molecule has 2 aromatic heterocycles. The number of hydrogen-bond donors (Lipinski definition) is 1. The van der Waals surface area contributed by atoms with Crippen molar-refractivity contribution in [3.8, 4) is 0 Å². The number of likely N-dealkylation sites (tertiary alicyclic amines) is 1. The monoisotopic (exact) mass is 438 g/mol. The summed E-state index contributed by atoms with van der Waals surface area (Å²) in [6.07, 6.45) is 3.52. The summed E-state index contributed by atoms with van der Waals surface area (Å²) in [5.74, 6) is 0.138. The number of rotatable bonds is 4. The van der Waals surface area contributed by atoms with E-state index in [9.17, 15) is 14.4 Å². The van der Waals surface area contributed by atoms with E-state index < -0.39 is 0 Å². The molecule has 4 rings (SSSR count). The Hall–Kier alpha value is -3.00. The van der Waals surface area contributed by atoms with Gasteiger partial charge in [0.1, 0.15) is 11.4 Å². The molecule has 0 spiro atoms. The van der Waals surface area contributed by atoms with Crippen molar-refractivity contribution in [2.45, 2.75) is 40.2 Å². The van der Waals surface area contributed by atoms with Crippen LogP contribution in [-0.2, 0) is 11.3 Å². The summed E-state index contributed by atoms with van der Waals surface area (Å²) >= 11 is 1.19. The molecule has 1 atom stereocenters. The lowest BCUT2D eigenvalue weighted by molar-refractivity contribution is -0.133. The van der Waals surface area contributed by atoms with Crippen LogP contribution in [0.3, 0.4) is 0 Å². The number of hydrogen-bond acceptors (Lipinski definition) is 5. The highest BCUT2D eigenvalue weighted by Crippen LogP contribution is 2.28. The Kier molecular flexibility index (Phi) is 5.91. The molecule has 1 N–H and O–H groups in total. The van der Waals surface area contributed by atoms with Gasteiger partial charge in [0.05, 0.1) is 16.6 Å². The fraction of sp³-hybridized carbons (Fsp3) is 0.391. The first-order valence-corrected chi connectivity index (χ1v) is 11.3. The molecule has 31 heavy (non-hydrogen) atoms.